The van der Waals surface area contributed by atoms with Crippen LogP contribution in [0.4, 0.5) is 0 Å². The number of amides is 1. The number of likely N-dealkylation sites (tertiary alicyclic amines) is 1. The summed E-state index contributed by atoms with van der Waals surface area (Å²) < 4.78 is 13.1. The number of nitrogens with one attached hydrogen (secondary N) is 1. The number of carbonyl (C=O) groups is 1. The van der Waals surface area contributed by atoms with Crippen LogP contribution in [0.1, 0.15) is 23.9 Å². The van der Waals surface area contributed by atoms with Crippen LogP contribution in [0.2, 0.25) is 0 Å². The molecule has 0 unspecified atom stereocenters. The summed E-state index contributed by atoms with van der Waals surface area (Å²) in [7, 11) is 0. The molecule has 0 spiro atoms. The van der Waals surface area contributed by atoms with Crippen molar-refractivity contribution in [3.8, 4) is 0 Å². The van der Waals surface area contributed by atoms with E-state index in [1.54, 1.807) is 12.5 Å². The zero-order valence-corrected chi connectivity index (χ0v) is 12.7. The Labute approximate surface area is 133 Å². The summed E-state index contributed by atoms with van der Waals surface area (Å²) in [5.41, 5.74) is 1.02. The number of furan rings is 1. The number of carbonyl (C=O) groups excluding carboxylic acids is 1. The highest BCUT2D eigenvalue weighted by Gasteiger charge is 2.36. The molecule has 122 valence electrons. The SMILES string of the molecule is O=C(CN1CC[C@H]2[C@H](C1)OCc1cnnn12)NCc1ccco1. The van der Waals surface area contributed by atoms with Crippen LogP contribution in [0.25, 0.3) is 0 Å². The predicted octanol–water partition coefficient (Wildman–Crippen LogP) is 0.333. The molecule has 2 aliphatic heterocycles. The second-order valence-corrected chi connectivity index (χ2v) is 5.97. The summed E-state index contributed by atoms with van der Waals surface area (Å²) in [6.45, 7) is 2.91. The molecule has 8 nitrogen and oxygen atoms in total. The summed E-state index contributed by atoms with van der Waals surface area (Å²) in [4.78, 5) is 14.2. The summed E-state index contributed by atoms with van der Waals surface area (Å²) in [6, 6.07) is 3.88. The number of aromatic nitrogens is 3. The van der Waals surface area contributed by atoms with E-state index in [4.69, 9.17) is 9.15 Å². The molecule has 2 aromatic heterocycles. The van der Waals surface area contributed by atoms with Crippen LogP contribution in [-0.4, -0.2) is 51.5 Å². The molecule has 2 aromatic rings. The molecule has 1 fully saturated rings. The maximum absolute atomic E-state index is 12.1. The predicted molar refractivity (Wildman–Crippen MR) is 79.2 cm³/mol. The molecule has 1 N–H and O–H groups in total. The van der Waals surface area contributed by atoms with E-state index in [2.05, 4.69) is 20.5 Å². The third-order valence-electron chi connectivity index (χ3n) is 4.42. The lowest BCUT2D eigenvalue weighted by Crippen LogP contribution is -2.50. The molecular formula is C15H19N5O3. The van der Waals surface area contributed by atoms with Gasteiger partial charge in [0.15, 0.2) is 0 Å². The van der Waals surface area contributed by atoms with Crippen LogP contribution in [-0.2, 0) is 22.7 Å². The third-order valence-corrected chi connectivity index (χ3v) is 4.42. The van der Waals surface area contributed by atoms with E-state index in [0.717, 1.165) is 31.0 Å². The first kappa shape index (κ1) is 14.4. The van der Waals surface area contributed by atoms with Crippen molar-refractivity contribution in [1.29, 1.82) is 0 Å². The molecule has 0 bridgehead atoms. The molecule has 0 aromatic carbocycles. The van der Waals surface area contributed by atoms with Crippen LogP contribution in [0, 0.1) is 0 Å². The van der Waals surface area contributed by atoms with Gasteiger partial charge in [-0.3, -0.25) is 9.69 Å². The molecule has 1 saturated heterocycles. The average Bonchev–Trinajstić information content (AvgIpc) is 3.24. The molecule has 1 amide bonds. The van der Waals surface area contributed by atoms with E-state index in [-0.39, 0.29) is 18.1 Å². The number of hydrogen-bond donors (Lipinski definition) is 1. The van der Waals surface area contributed by atoms with Gasteiger partial charge in [0.05, 0.1) is 50.0 Å². The van der Waals surface area contributed by atoms with E-state index in [1.807, 2.05) is 16.8 Å². The Kier molecular flexibility index (Phi) is 3.84. The van der Waals surface area contributed by atoms with E-state index >= 15 is 0 Å². The second-order valence-electron chi connectivity index (χ2n) is 5.97. The molecular weight excluding hydrogens is 298 g/mol. The van der Waals surface area contributed by atoms with Gasteiger partial charge in [-0.25, -0.2) is 4.68 Å². The Morgan fingerprint density at radius 1 is 1.48 bits per heavy atom. The number of hydrogen-bond acceptors (Lipinski definition) is 6. The maximum Gasteiger partial charge on any atom is 0.234 e. The van der Waals surface area contributed by atoms with Crippen molar-refractivity contribution in [3.63, 3.8) is 0 Å². The number of nitrogens with zero attached hydrogens (tertiary/aromatic N) is 4. The fourth-order valence-electron chi connectivity index (χ4n) is 3.25. The van der Waals surface area contributed by atoms with Gasteiger partial charge in [-0.15, -0.1) is 5.10 Å². The van der Waals surface area contributed by atoms with Crippen molar-refractivity contribution in [3.05, 3.63) is 36.0 Å². The van der Waals surface area contributed by atoms with E-state index in [1.165, 1.54) is 0 Å². The molecule has 0 aliphatic carbocycles. The van der Waals surface area contributed by atoms with Crippen molar-refractivity contribution in [1.82, 2.24) is 25.2 Å². The van der Waals surface area contributed by atoms with Crippen molar-refractivity contribution >= 4 is 5.91 Å². The highest BCUT2D eigenvalue weighted by Crippen LogP contribution is 2.30. The molecule has 8 heteroatoms. The number of piperidine rings is 1. The second kappa shape index (κ2) is 6.13. The Hall–Kier alpha value is -2.19. The van der Waals surface area contributed by atoms with Gasteiger partial charge in [-0.2, -0.15) is 0 Å². The van der Waals surface area contributed by atoms with Crippen LogP contribution >= 0.6 is 0 Å². The minimum atomic E-state index is -0.00268. The molecule has 0 radical (unpaired) electrons. The molecule has 0 saturated carbocycles. The van der Waals surface area contributed by atoms with E-state index in [9.17, 15) is 4.79 Å². The molecule has 4 heterocycles. The topological polar surface area (TPSA) is 85.4 Å². The normalized spacial score (nSPS) is 24.0. The van der Waals surface area contributed by atoms with Crippen molar-refractivity contribution in [2.75, 3.05) is 19.6 Å². The Bertz CT molecular complexity index is 668. The van der Waals surface area contributed by atoms with Gasteiger partial charge < -0.3 is 14.5 Å². The fraction of sp³-hybridized carbons (Fsp3) is 0.533. The van der Waals surface area contributed by atoms with Crippen LogP contribution in [0.15, 0.2) is 29.0 Å². The molecule has 2 aliphatic rings. The Balaban J connectivity index is 1.30. The lowest BCUT2D eigenvalue weighted by molar-refractivity contribution is -0.125. The lowest BCUT2D eigenvalue weighted by Gasteiger charge is -2.40. The molecule has 4 rings (SSSR count). The van der Waals surface area contributed by atoms with Crippen molar-refractivity contribution < 1.29 is 13.9 Å². The highest BCUT2D eigenvalue weighted by atomic mass is 16.5. The first-order valence-corrected chi connectivity index (χ1v) is 7.82. The van der Waals surface area contributed by atoms with E-state index < -0.39 is 0 Å². The van der Waals surface area contributed by atoms with Gasteiger partial charge >= 0.3 is 0 Å². The van der Waals surface area contributed by atoms with Gasteiger partial charge in [0, 0.05) is 13.1 Å². The van der Waals surface area contributed by atoms with Gasteiger partial charge in [-0.1, -0.05) is 5.21 Å². The van der Waals surface area contributed by atoms with Crippen molar-refractivity contribution in [2.45, 2.75) is 31.7 Å². The Morgan fingerprint density at radius 2 is 2.43 bits per heavy atom. The third kappa shape index (κ3) is 2.99. The first-order valence-electron chi connectivity index (χ1n) is 7.82. The van der Waals surface area contributed by atoms with E-state index in [0.29, 0.717) is 19.7 Å². The van der Waals surface area contributed by atoms with Crippen LogP contribution < -0.4 is 5.32 Å². The first-order chi connectivity index (χ1) is 11.3. The summed E-state index contributed by atoms with van der Waals surface area (Å²) in [6.07, 6.45) is 4.33. The van der Waals surface area contributed by atoms with Crippen molar-refractivity contribution in [2.24, 2.45) is 0 Å². The van der Waals surface area contributed by atoms with Gasteiger partial charge in [0.2, 0.25) is 5.91 Å². The number of rotatable bonds is 4. The minimum Gasteiger partial charge on any atom is -0.467 e. The minimum absolute atomic E-state index is 0.00268. The zero-order valence-electron chi connectivity index (χ0n) is 12.7. The number of fused-ring (bicyclic) bond motifs is 3. The summed E-state index contributed by atoms with van der Waals surface area (Å²) in [5.74, 6) is 0.753. The lowest BCUT2D eigenvalue weighted by atomic mass is 10.0. The highest BCUT2D eigenvalue weighted by molar-refractivity contribution is 5.77. The van der Waals surface area contributed by atoms with Gasteiger partial charge in [0.25, 0.3) is 0 Å². The van der Waals surface area contributed by atoms with Crippen LogP contribution in [0.3, 0.4) is 0 Å². The Morgan fingerprint density at radius 3 is 3.30 bits per heavy atom. The quantitative estimate of drug-likeness (QED) is 0.875. The molecule has 2 atom stereocenters. The smallest absolute Gasteiger partial charge is 0.234 e. The monoisotopic (exact) mass is 317 g/mol. The van der Waals surface area contributed by atoms with Gasteiger partial charge in [-0.05, 0) is 18.6 Å². The maximum atomic E-state index is 12.1. The standard InChI is InChI=1S/C15H19N5O3/c21-15(16-7-12-2-1-5-22-12)9-19-4-3-13-14(8-19)23-10-11-6-17-18-20(11)13/h1-2,5-6,13-14H,3-4,7-10H2,(H,16,21)/t13-,14-/m0/s1. The summed E-state index contributed by atoms with van der Waals surface area (Å²) >= 11 is 0. The molecule has 23 heavy (non-hydrogen) atoms. The fourth-order valence-corrected chi connectivity index (χ4v) is 3.25. The van der Waals surface area contributed by atoms with Crippen LogP contribution in [0.5, 0.6) is 0 Å². The zero-order chi connectivity index (χ0) is 15.6. The summed E-state index contributed by atoms with van der Waals surface area (Å²) in [5, 5.41) is 11.0. The average molecular weight is 317 g/mol. The number of ether oxygens (including phenoxy) is 1. The largest absolute Gasteiger partial charge is 0.467 e. The van der Waals surface area contributed by atoms with Gasteiger partial charge in [0.1, 0.15) is 5.76 Å².